The van der Waals surface area contributed by atoms with Gasteiger partial charge in [-0.3, -0.25) is 19.2 Å². The zero-order valence-corrected chi connectivity index (χ0v) is 25.0. The fourth-order valence-corrected chi connectivity index (χ4v) is 8.28. The number of carbonyl (C=O) groups is 3. The van der Waals surface area contributed by atoms with Crippen LogP contribution in [0.25, 0.3) is 0 Å². The van der Waals surface area contributed by atoms with E-state index < -0.39 is 51.6 Å². The van der Waals surface area contributed by atoms with Crippen molar-refractivity contribution in [1.29, 1.82) is 0 Å². The van der Waals surface area contributed by atoms with Crippen LogP contribution in [-0.2, 0) is 40.9 Å². The van der Waals surface area contributed by atoms with Crippen molar-refractivity contribution < 1.29 is 37.4 Å². The molecule has 2 saturated heterocycles. The molecular weight excluding hydrogens is 621 g/mol. The number of aromatic nitrogens is 5. The zero-order valence-electron chi connectivity index (χ0n) is 21.8. The molecule has 2 aromatic heterocycles. The van der Waals surface area contributed by atoms with Gasteiger partial charge < -0.3 is 19.9 Å². The number of nitrogens with one attached hydrogen (secondary N) is 2. The molecule has 3 aliphatic heterocycles. The van der Waals surface area contributed by atoms with Crippen LogP contribution in [0.1, 0.15) is 31.1 Å². The van der Waals surface area contributed by atoms with Gasteiger partial charge >= 0.3 is 5.97 Å². The molecule has 0 radical (unpaired) electrons. The summed E-state index contributed by atoms with van der Waals surface area (Å²) in [6, 6.07) is -0.996. The number of carbonyl (C=O) groups excluding carboxylic acids is 2. The van der Waals surface area contributed by atoms with Crippen LogP contribution in [0, 0.1) is 0 Å². The van der Waals surface area contributed by atoms with E-state index in [0.717, 1.165) is 30.4 Å². The third-order valence-corrected chi connectivity index (χ3v) is 10.1. The van der Waals surface area contributed by atoms with Gasteiger partial charge in [0.2, 0.25) is 15.2 Å². The van der Waals surface area contributed by atoms with Crippen LogP contribution in [0.2, 0.25) is 0 Å². The summed E-state index contributed by atoms with van der Waals surface area (Å²) in [5, 5.41) is 25.2. The fraction of sp³-hybridized carbons (Fsp3) is 0.571. The largest absolute Gasteiger partial charge is 0.477 e. The number of hydrogen-bond acceptors (Lipinski definition) is 14. The minimum absolute atomic E-state index is 0.0564. The van der Waals surface area contributed by atoms with Gasteiger partial charge in [0.15, 0.2) is 17.5 Å². The second-order valence-electron chi connectivity index (χ2n) is 9.29. The number of aliphatic carboxylic acids is 1. The highest BCUT2D eigenvalue weighted by Gasteiger charge is 2.54. The van der Waals surface area contributed by atoms with Crippen LogP contribution in [0.15, 0.2) is 21.8 Å². The van der Waals surface area contributed by atoms with E-state index >= 15 is 0 Å². The average molecular weight is 647 g/mol. The van der Waals surface area contributed by atoms with Crippen molar-refractivity contribution >= 4 is 67.8 Å². The average Bonchev–Trinajstić information content (AvgIpc) is 3.56. The molecule has 4 unspecified atom stereocenters. The van der Waals surface area contributed by atoms with E-state index in [0.29, 0.717) is 29.5 Å². The number of β-lactam (4-membered cyclic amide) rings is 1. The lowest BCUT2D eigenvalue weighted by Crippen LogP contribution is -2.71. The SMILES string of the molecule is Cn1nnnc1SCC1=C(C(=O)O)N2C(=O)C(NC(=O)C(OC3CCCCO3)c3csc(NS(C)(=O)=O)n3)C2SC1. The molecular formula is C21H26N8O8S4. The maximum absolute atomic E-state index is 13.5. The third-order valence-electron chi connectivity index (χ3n) is 6.23. The Labute approximate surface area is 246 Å². The quantitative estimate of drug-likeness (QED) is 0.219. The molecule has 0 saturated carbocycles. The maximum atomic E-state index is 13.5. The van der Waals surface area contributed by atoms with Crippen molar-refractivity contribution in [3.8, 4) is 0 Å². The molecule has 5 heterocycles. The highest BCUT2D eigenvalue weighted by Crippen LogP contribution is 2.42. The van der Waals surface area contributed by atoms with Crippen LogP contribution >= 0.6 is 34.9 Å². The van der Waals surface area contributed by atoms with Gasteiger partial charge in [-0.05, 0) is 35.3 Å². The van der Waals surface area contributed by atoms with Crippen LogP contribution in [0.4, 0.5) is 5.13 Å². The van der Waals surface area contributed by atoms with Crippen molar-refractivity contribution in [1.82, 2.24) is 35.4 Å². The van der Waals surface area contributed by atoms with Crippen LogP contribution in [0.5, 0.6) is 0 Å². The molecule has 41 heavy (non-hydrogen) atoms. The molecule has 16 nitrogen and oxygen atoms in total. The Hall–Kier alpha value is -2.78. The number of nitrogens with zero attached hydrogens (tertiary/aromatic N) is 6. The number of tetrazole rings is 1. The van der Waals surface area contributed by atoms with Crippen LogP contribution < -0.4 is 10.0 Å². The van der Waals surface area contributed by atoms with Gasteiger partial charge in [0.1, 0.15) is 17.1 Å². The summed E-state index contributed by atoms with van der Waals surface area (Å²) in [7, 11) is -1.93. The molecule has 3 aliphatic rings. The first-order chi connectivity index (χ1) is 19.5. The second kappa shape index (κ2) is 12.2. The number of anilines is 1. The van der Waals surface area contributed by atoms with E-state index in [9.17, 15) is 27.9 Å². The number of rotatable bonds is 11. The van der Waals surface area contributed by atoms with Crippen molar-refractivity contribution in [2.75, 3.05) is 29.1 Å². The number of hydrogen-bond donors (Lipinski definition) is 3. The van der Waals surface area contributed by atoms with Gasteiger partial charge in [-0.25, -0.2) is 22.9 Å². The smallest absolute Gasteiger partial charge is 0.352 e. The molecule has 0 spiro atoms. The Morgan fingerprint density at radius 1 is 1.37 bits per heavy atom. The Kier molecular flexibility index (Phi) is 8.85. The lowest BCUT2D eigenvalue weighted by atomic mass is 10.0. The predicted molar refractivity (Wildman–Crippen MR) is 147 cm³/mol. The number of carboxylic acids is 1. The number of aryl methyl sites for hydroxylation is 1. The van der Waals surface area contributed by atoms with Crippen molar-refractivity contribution in [2.45, 2.75) is 48.2 Å². The zero-order chi connectivity index (χ0) is 29.3. The maximum Gasteiger partial charge on any atom is 0.352 e. The van der Waals surface area contributed by atoms with Gasteiger partial charge in [-0.1, -0.05) is 11.8 Å². The minimum Gasteiger partial charge on any atom is -0.477 e. The number of sulfonamides is 1. The second-order valence-corrected chi connectivity index (χ2v) is 13.9. The predicted octanol–water partition coefficient (Wildman–Crippen LogP) is 0.153. The molecule has 0 aliphatic carbocycles. The summed E-state index contributed by atoms with van der Waals surface area (Å²) in [5.74, 6) is -1.90. The standard InChI is InChI=1S/C21H26N8O8S4/c1-28-21(24-26-27-28)40-8-10-7-38-18-13(17(31)29(18)14(10)19(32)33)23-16(30)15(37-12-5-3-4-6-36-12)11-9-39-20(22-11)25-41(2,34)35/h9,12-13,15,18H,3-8H2,1-2H3,(H,22,25)(H,23,30)(H,32,33). The summed E-state index contributed by atoms with van der Waals surface area (Å²) < 4.78 is 38.6. The number of fused-ring (bicyclic) bond motifs is 1. The number of carboxylic acid groups (broad SMARTS) is 1. The normalized spacial score (nSPS) is 23.5. The van der Waals surface area contributed by atoms with Gasteiger partial charge in [0.05, 0.1) is 11.9 Å². The molecule has 2 aromatic rings. The van der Waals surface area contributed by atoms with Gasteiger partial charge in [0, 0.05) is 30.5 Å². The summed E-state index contributed by atoms with van der Waals surface area (Å²) >= 11 is 3.57. The Bertz CT molecular complexity index is 1470. The first-order valence-corrected chi connectivity index (χ1v) is 17.1. The van der Waals surface area contributed by atoms with Crippen LogP contribution in [0.3, 0.4) is 0 Å². The number of thiazole rings is 1. The molecule has 4 atom stereocenters. The van der Waals surface area contributed by atoms with E-state index in [2.05, 4.69) is 30.5 Å². The summed E-state index contributed by atoms with van der Waals surface area (Å²) in [6.07, 6.45) is 1.25. The van der Waals surface area contributed by atoms with Crippen molar-refractivity contribution in [3.63, 3.8) is 0 Å². The van der Waals surface area contributed by atoms with E-state index in [1.807, 2.05) is 0 Å². The monoisotopic (exact) mass is 646 g/mol. The number of amides is 2. The molecule has 0 aromatic carbocycles. The Morgan fingerprint density at radius 3 is 2.83 bits per heavy atom. The summed E-state index contributed by atoms with van der Waals surface area (Å²) in [5.41, 5.74) is 0.566. The topological polar surface area (TPSA) is 208 Å². The third kappa shape index (κ3) is 6.67. The van der Waals surface area contributed by atoms with E-state index in [1.54, 1.807) is 7.05 Å². The molecule has 222 valence electrons. The molecule has 0 bridgehead atoms. The lowest BCUT2D eigenvalue weighted by Gasteiger charge is -2.49. The van der Waals surface area contributed by atoms with Crippen LogP contribution in [-0.4, -0.2) is 103 Å². The fourth-order valence-electron chi connectivity index (χ4n) is 4.37. The molecule has 2 amide bonds. The number of thioether (sulfide) groups is 2. The van der Waals surface area contributed by atoms with E-state index in [1.165, 1.54) is 38.5 Å². The Balaban J connectivity index is 1.31. The highest BCUT2D eigenvalue weighted by atomic mass is 32.2. The van der Waals surface area contributed by atoms with Gasteiger partial charge in [-0.2, -0.15) is 0 Å². The van der Waals surface area contributed by atoms with E-state index in [4.69, 9.17) is 9.47 Å². The lowest BCUT2D eigenvalue weighted by molar-refractivity contribution is -0.195. The molecule has 2 fully saturated rings. The van der Waals surface area contributed by atoms with Crippen molar-refractivity contribution in [3.05, 3.63) is 22.3 Å². The first-order valence-electron chi connectivity index (χ1n) is 12.3. The summed E-state index contributed by atoms with van der Waals surface area (Å²) in [6.45, 7) is 0.462. The highest BCUT2D eigenvalue weighted by molar-refractivity contribution is 8.01. The molecule has 20 heteroatoms. The van der Waals surface area contributed by atoms with Gasteiger partial charge in [-0.15, -0.1) is 28.2 Å². The van der Waals surface area contributed by atoms with Gasteiger partial charge in [0.25, 0.3) is 11.8 Å². The van der Waals surface area contributed by atoms with E-state index in [-0.39, 0.29) is 22.3 Å². The molecule has 5 rings (SSSR count). The summed E-state index contributed by atoms with van der Waals surface area (Å²) in [4.78, 5) is 44.2. The van der Waals surface area contributed by atoms with Crippen molar-refractivity contribution in [2.24, 2.45) is 7.05 Å². The first kappa shape index (κ1) is 29.7. The molecule has 3 N–H and O–H groups in total. The number of ether oxygens (including phenoxy) is 2. The Morgan fingerprint density at radius 2 is 2.17 bits per heavy atom. The minimum atomic E-state index is -3.59.